The molecule has 0 aromatic heterocycles. The maximum atomic E-state index is 12.6. The maximum Gasteiger partial charge on any atom is 0.239 e. The minimum atomic E-state index is -4.17. The molecule has 0 atom stereocenters. The zero-order chi connectivity index (χ0) is 15.8. The number of hydrogen-bond donors (Lipinski definition) is 2. The average molecular weight is 326 g/mol. The van der Waals surface area contributed by atoms with Crippen LogP contribution in [0.3, 0.4) is 0 Å². The molecule has 0 aliphatic heterocycles. The van der Waals surface area contributed by atoms with Gasteiger partial charge in [-0.15, -0.1) is 0 Å². The van der Waals surface area contributed by atoms with Gasteiger partial charge in [0.05, 0.1) is 9.79 Å². The highest BCUT2D eigenvalue weighted by atomic mass is 32.2. The summed E-state index contributed by atoms with van der Waals surface area (Å²) in [6, 6.07) is 9.67. The quantitative estimate of drug-likeness (QED) is 0.817. The Morgan fingerprint density at radius 2 is 1.48 bits per heavy atom. The molecule has 0 heterocycles. The molecule has 2 aromatic carbocycles. The fourth-order valence-electron chi connectivity index (χ4n) is 1.98. The Labute approximate surface area is 123 Å². The highest BCUT2D eigenvalue weighted by Crippen LogP contribution is 2.29. The van der Waals surface area contributed by atoms with Gasteiger partial charge in [-0.2, -0.15) is 0 Å². The maximum absolute atomic E-state index is 12.6. The molecule has 0 radical (unpaired) electrons. The summed E-state index contributed by atoms with van der Waals surface area (Å²) < 4.78 is 48.6. The van der Waals surface area contributed by atoms with Crippen LogP contribution >= 0.6 is 0 Å². The monoisotopic (exact) mass is 326 g/mol. The van der Waals surface area contributed by atoms with Crippen LogP contribution in [0.5, 0.6) is 0 Å². The largest absolute Gasteiger partial charge is 0.399 e. The van der Waals surface area contributed by atoms with Crippen molar-refractivity contribution in [1.82, 2.24) is 0 Å². The van der Waals surface area contributed by atoms with Crippen molar-refractivity contribution in [2.45, 2.75) is 21.6 Å². The van der Waals surface area contributed by atoms with Crippen LogP contribution in [0.2, 0.25) is 0 Å². The molecule has 0 fully saturated rings. The first-order chi connectivity index (χ1) is 9.64. The van der Waals surface area contributed by atoms with Gasteiger partial charge in [-0.3, -0.25) is 0 Å². The van der Waals surface area contributed by atoms with E-state index in [0.29, 0.717) is 5.69 Å². The molecule has 6 nitrogen and oxygen atoms in total. The van der Waals surface area contributed by atoms with Crippen molar-refractivity contribution < 1.29 is 16.8 Å². The zero-order valence-corrected chi connectivity index (χ0v) is 12.8. The first-order valence-corrected chi connectivity index (χ1v) is 8.90. The van der Waals surface area contributed by atoms with Crippen molar-refractivity contribution in [2.75, 3.05) is 5.73 Å². The summed E-state index contributed by atoms with van der Waals surface area (Å²) in [5.74, 6) is 0. The van der Waals surface area contributed by atoms with Gasteiger partial charge >= 0.3 is 0 Å². The summed E-state index contributed by atoms with van der Waals surface area (Å²) in [7, 11) is -8.17. The molecule has 112 valence electrons. The lowest BCUT2D eigenvalue weighted by Crippen LogP contribution is -2.18. The molecule has 8 heteroatoms. The van der Waals surface area contributed by atoms with Gasteiger partial charge in [0.25, 0.3) is 0 Å². The standard InChI is InChI=1S/C13H14N2O4S2/c1-9-3-2-4-12(13(9)21(15,18)19)20(16,17)11-7-5-10(14)6-8-11/h2-8H,14H2,1H3,(H2,15,18,19). The van der Waals surface area contributed by atoms with Gasteiger partial charge in [0.1, 0.15) is 4.90 Å². The Balaban J connectivity index is 2.78. The summed E-state index contributed by atoms with van der Waals surface area (Å²) in [5, 5.41) is 5.15. The lowest BCUT2D eigenvalue weighted by molar-refractivity contribution is 0.582. The lowest BCUT2D eigenvalue weighted by Gasteiger charge is -2.11. The summed E-state index contributed by atoms with van der Waals surface area (Å²) >= 11 is 0. The van der Waals surface area contributed by atoms with Crippen molar-refractivity contribution in [3.05, 3.63) is 48.0 Å². The Kier molecular flexibility index (Phi) is 3.79. The molecule has 2 aromatic rings. The first-order valence-electron chi connectivity index (χ1n) is 5.87. The van der Waals surface area contributed by atoms with Crippen LogP contribution in [0.25, 0.3) is 0 Å². The van der Waals surface area contributed by atoms with Crippen LogP contribution in [-0.4, -0.2) is 16.8 Å². The van der Waals surface area contributed by atoms with Gasteiger partial charge in [-0.05, 0) is 42.8 Å². The normalized spacial score (nSPS) is 12.3. The van der Waals surface area contributed by atoms with Gasteiger partial charge in [0.2, 0.25) is 19.9 Å². The Hall–Kier alpha value is -1.90. The molecule has 0 unspecified atom stereocenters. The smallest absolute Gasteiger partial charge is 0.239 e. The van der Waals surface area contributed by atoms with E-state index in [1.165, 1.54) is 49.4 Å². The summed E-state index contributed by atoms with van der Waals surface area (Å²) in [6.45, 7) is 1.49. The second-order valence-corrected chi connectivity index (χ2v) is 7.94. The molecule has 0 spiro atoms. The minimum absolute atomic E-state index is 0.0489. The summed E-state index contributed by atoms with van der Waals surface area (Å²) in [5.41, 5.74) is 6.20. The van der Waals surface area contributed by atoms with Crippen LogP contribution < -0.4 is 10.9 Å². The molecule has 4 N–H and O–H groups in total. The van der Waals surface area contributed by atoms with Crippen molar-refractivity contribution in [2.24, 2.45) is 5.14 Å². The molecule has 0 aliphatic carbocycles. The van der Waals surface area contributed by atoms with Crippen molar-refractivity contribution in [3.8, 4) is 0 Å². The second kappa shape index (κ2) is 5.14. The summed E-state index contributed by atoms with van der Waals surface area (Å²) in [6.07, 6.45) is 0. The molecular formula is C13H14N2O4S2. The number of nitrogen functional groups attached to an aromatic ring is 1. The molecule has 0 bridgehead atoms. The van der Waals surface area contributed by atoms with E-state index in [2.05, 4.69) is 0 Å². The van der Waals surface area contributed by atoms with Crippen LogP contribution in [0.15, 0.2) is 57.2 Å². The molecule has 0 saturated heterocycles. The van der Waals surface area contributed by atoms with Gasteiger partial charge in [-0.25, -0.2) is 22.0 Å². The number of anilines is 1. The lowest BCUT2D eigenvalue weighted by atomic mass is 10.2. The van der Waals surface area contributed by atoms with E-state index in [4.69, 9.17) is 10.9 Å². The first kappa shape index (κ1) is 15.5. The number of aryl methyl sites for hydroxylation is 1. The summed E-state index contributed by atoms with van der Waals surface area (Å²) in [4.78, 5) is -0.774. The number of sulfone groups is 1. The Bertz CT molecular complexity index is 886. The van der Waals surface area contributed by atoms with E-state index < -0.39 is 19.9 Å². The predicted molar refractivity (Wildman–Crippen MR) is 78.9 cm³/mol. The van der Waals surface area contributed by atoms with Crippen molar-refractivity contribution >= 4 is 25.5 Å². The van der Waals surface area contributed by atoms with Gasteiger partial charge in [0, 0.05) is 5.69 Å². The van der Waals surface area contributed by atoms with Gasteiger partial charge in [-0.1, -0.05) is 12.1 Å². The average Bonchev–Trinajstić information content (AvgIpc) is 2.37. The number of nitrogens with two attached hydrogens (primary N) is 2. The molecule has 0 aliphatic rings. The fraction of sp³-hybridized carbons (Fsp3) is 0.0769. The highest BCUT2D eigenvalue weighted by molar-refractivity contribution is 7.93. The predicted octanol–water partition coefficient (Wildman–Crippen LogP) is 1.06. The second-order valence-electron chi connectivity index (χ2n) is 4.52. The van der Waals surface area contributed by atoms with Crippen LogP contribution in [-0.2, 0) is 19.9 Å². The number of benzene rings is 2. The van der Waals surface area contributed by atoms with E-state index in [0.717, 1.165) is 0 Å². The molecule has 2 rings (SSSR count). The highest BCUT2D eigenvalue weighted by Gasteiger charge is 2.27. The SMILES string of the molecule is Cc1cccc(S(=O)(=O)c2ccc(N)cc2)c1S(N)(=O)=O. The molecule has 0 saturated carbocycles. The van der Waals surface area contributed by atoms with Gasteiger partial charge in [0.15, 0.2) is 0 Å². The van der Waals surface area contributed by atoms with Crippen molar-refractivity contribution in [1.29, 1.82) is 0 Å². The Morgan fingerprint density at radius 3 is 2.00 bits per heavy atom. The van der Waals surface area contributed by atoms with E-state index in [1.54, 1.807) is 0 Å². The molecule has 0 amide bonds. The Morgan fingerprint density at radius 1 is 0.905 bits per heavy atom. The van der Waals surface area contributed by atoms with Crippen molar-refractivity contribution in [3.63, 3.8) is 0 Å². The third kappa shape index (κ3) is 2.92. The molecular weight excluding hydrogens is 312 g/mol. The molecule has 21 heavy (non-hydrogen) atoms. The third-order valence-electron chi connectivity index (χ3n) is 2.94. The van der Waals surface area contributed by atoms with Crippen LogP contribution in [0, 0.1) is 6.92 Å². The van der Waals surface area contributed by atoms with E-state index in [1.807, 2.05) is 0 Å². The minimum Gasteiger partial charge on any atom is -0.399 e. The van der Waals surface area contributed by atoms with Crippen LogP contribution in [0.1, 0.15) is 5.56 Å². The fourth-order valence-corrected chi connectivity index (χ4v) is 4.93. The van der Waals surface area contributed by atoms with Crippen LogP contribution in [0.4, 0.5) is 5.69 Å². The van der Waals surface area contributed by atoms with E-state index >= 15 is 0 Å². The zero-order valence-electron chi connectivity index (χ0n) is 11.1. The van der Waals surface area contributed by atoms with Gasteiger partial charge < -0.3 is 5.73 Å². The number of primary sulfonamides is 1. The topological polar surface area (TPSA) is 120 Å². The third-order valence-corrected chi connectivity index (χ3v) is 5.99. The van der Waals surface area contributed by atoms with E-state index in [9.17, 15) is 16.8 Å². The van der Waals surface area contributed by atoms with E-state index in [-0.39, 0.29) is 20.2 Å². The number of hydrogen-bond acceptors (Lipinski definition) is 5. The number of sulfonamides is 1. The number of rotatable bonds is 3.